The Kier molecular flexibility index (Phi) is 5.80. The molecule has 1 aromatic rings. The lowest BCUT2D eigenvalue weighted by atomic mass is 10.2. The van der Waals surface area contributed by atoms with E-state index in [1.54, 1.807) is 6.08 Å². The molecule has 17 heavy (non-hydrogen) atoms. The van der Waals surface area contributed by atoms with Crippen LogP contribution in [-0.4, -0.2) is 19.8 Å². The molecule has 3 N–H and O–H groups in total. The Morgan fingerprint density at radius 1 is 1.47 bits per heavy atom. The Bertz CT molecular complexity index is 385. The fraction of sp³-hybridized carbons (Fsp3) is 0.333. The first-order valence-corrected chi connectivity index (χ1v) is 5.70. The third-order valence-corrected chi connectivity index (χ3v) is 2.41. The highest BCUT2D eigenvalue weighted by Gasteiger charge is 2.05. The number of rotatable bonds is 7. The van der Waals surface area contributed by atoms with Gasteiger partial charge in [0, 0.05) is 12.6 Å². The zero-order valence-electron chi connectivity index (χ0n) is 9.51. The molecule has 0 saturated heterocycles. The summed E-state index contributed by atoms with van der Waals surface area (Å²) >= 11 is 5.65. The largest absolute Gasteiger partial charge is 0.397 e. The highest BCUT2D eigenvalue weighted by atomic mass is 35.5. The minimum absolute atomic E-state index is 0.0503. The van der Waals surface area contributed by atoms with Crippen LogP contribution in [0.4, 0.5) is 15.8 Å². The van der Waals surface area contributed by atoms with Crippen LogP contribution in [0.5, 0.6) is 0 Å². The second-order valence-corrected chi connectivity index (χ2v) is 3.88. The Balaban J connectivity index is 2.36. The van der Waals surface area contributed by atoms with Gasteiger partial charge in [-0.05, 0) is 12.5 Å². The number of hydrogen-bond donors (Lipinski definition) is 2. The monoisotopic (exact) mass is 258 g/mol. The molecule has 0 saturated carbocycles. The van der Waals surface area contributed by atoms with E-state index in [2.05, 4.69) is 11.9 Å². The molecule has 3 nitrogen and oxygen atoms in total. The van der Waals surface area contributed by atoms with Gasteiger partial charge in [0.05, 0.1) is 29.6 Å². The predicted octanol–water partition coefficient (Wildman–Crippen LogP) is 3.07. The first-order valence-electron chi connectivity index (χ1n) is 5.32. The molecule has 94 valence electrons. The van der Waals surface area contributed by atoms with Crippen LogP contribution in [0, 0.1) is 5.82 Å². The molecule has 0 radical (unpaired) electrons. The number of ether oxygens (including phenoxy) is 1. The zero-order valence-corrected chi connectivity index (χ0v) is 10.3. The van der Waals surface area contributed by atoms with Crippen molar-refractivity contribution in [3.05, 3.63) is 35.6 Å². The summed E-state index contributed by atoms with van der Waals surface area (Å²) in [5.74, 6) is -0.517. The number of halogens is 2. The first kappa shape index (κ1) is 13.8. The fourth-order valence-corrected chi connectivity index (χ4v) is 1.41. The van der Waals surface area contributed by atoms with Crippen LogP contribution in [-0.2, 0) is 4.74 Å². The number of benzene rings is 1. The lowest BCUT2D eigenvalue weighted by Crippen LogP contribution is -2.11. The molecule has 0 bridgehead atoms. The summed E-state index contributed by atoms with van der Waals surface area (Å²) in [4.78, 5) is 0. The van der Waals surface area contributed by atoms with Crippen LogP contribution in [0.2, 0.25) is 5.02 Å². The maximum absolute atomic E-state index is 13.0. The molecule has 5 heteroatoms. The topological polar surface area (TPSA) is 47.3 Å². The van der Waals surface area contributed by atoms with Crippen LogP contribution in [0.15, 0.2) is 24.8 Å². The molecule has 0 aliphatic heterocycles. The Morgan fingerprint density at radius 3 is 2.94 bits per heavy atom. The molecular formula is C12H16ClFN2O. The normalized spacial score (nSPS) is 10.2. The second kappa shape index (κ2) is 7.14. The van der Waals surface area contributed by atoms with Crippen molar-refractivity contribution in [1.29, 1.82) is 0 Å². The summed E-state index contributed by atoms with van der Waals surface area (Å²) in [7, 11) is 0. The molecule has 0 fully saturated rings. The SMILES string of the molecule is C=CCCOCCNc1cc(Cl)c(F)cc1N. The molecule has 0 aromatic heterocycles. The average molecular weight is 259 g/mol. The van der Waals surface area contributed by atoms with Crippen LogP contribution < -0.4 is 11.1 Å². The maximum atomic E-state index is 13.0. The molecule has 0 aliphatic rings. The van der Waals surface area contributed by atoms with Crippen molar-refractivity contribution in [3.8, 4) is 0 Å². The van der Waals surface area contributed by atoms with E-state index in [-0.39, 0.29) is 5.02 Å². The summed E-state index contributed by atoms with van der Waals surface area (Å²) < 4.78 is 18.3. The maximum Gasteiger partial charge on any atom is 0.143 e. The van der Waals surface area contributed by atoms with E-state index >= 15 is 0 Å². The van der Waals surface area contributed by atoms with Gasteiger partial charge in [0.2, 0.25) is 0 Å². The third kappa shape index (κ3) is 4.63. The Morgan fingerprint density at radius 2 is 2.24 bits per heavy atom. The minimum atomic E-state index is -0.517. The van der Waals surface area contributed by atoms with Gasteiger partial charge in [-0.25, -0.2) is 4.39 Å². The summed E-state index contributed by atoms with van der Waals surface area (Å²) in [6, 6.07) is 2.67. The lowest BCUT2D eigenvalue weighted by molar-refractivity contribution is 0.149. The molecule has 0 unspecified atom stereocenters. The van der Waals surface area contributed by atoms with E-state index in [0.29, 0.717) is 31.1 Å². The van der Waals surface area contributed by atoms with Gasteiger partial charge in [-0.15, -0.1) is 6.58 Å². The van der Waals surface area contributed by atoms with Crippen molar-refractivity contribution in [1.82, 2.24) is 0 Å². The van der Waals surface area contributed by atoms with Crippen LogP contribution in [0.1, 0.15) is 6.42 Å². The van der Waals surface area contributed by atoms with Crippen LogP contribution in [0.25, 0.3) is 0 Å². The van der Waals surface area contributed by atoms with Crippen molar-refractivity contribution in [2.75, 3.05) is 30.8 Å². The van der Waals surface area contributed by atoms with Gasteiger partial charge < -0.3 is 15.8 Å². The third-order valence-electron chi connectivity index (χ3n) is 2.12. The highest BCUT2D eigenvalue weighted by molar-refractivity contribution is 6.31. The Labute approximate surface area is 105 Å². The van der Waals surface area contributed by atoms with Gasteiger partial charge in [-0.1, -0.05) is 17.7 Å². The highest BCUT2D eigenvalue weighted by Crippen LogP contribution is 2.25. The molecular weight excluding hydrogens is 243 g/mol. The average Bonchev–Trinajstić information content (AvgIpc) is 2.30. The minimum Gasteiger partial charge on any atom is -0.397 e. The van der Waals surface area contributed by atoms with Crippen LogP contribution in [0.3, 0.4) is 0 Å². The summed E-state index contributed by atoms with van der Waals surface area (Å²) in [5.41, 5.74) is 6.58. The Hall–Kier alpha value is -1.26. The number of nitrogen functional groups attached to an aromatic ring is 1. The number of nitrogens with one attached hydrogen (secondary N) is 1. The first-order chi connectivity index (χ1) is 8.15. The lowest BCUT2D eigenvalue weighted by Gasteiger charge is -2.10. The van der Waals surface area contributed by atoms with E-state index in [0.717, 1.165) is 6.42 Å². The van der Waals surface area contributed by atoms with Crippen LogP contribution >= 0.6 is 11.6 Å². The molecule has 0 heterocycles. The van der Waals surface area contributed by atoms with Gasteiger partial charge in [0.1, 0.15) is 5.82 Å². The zero-order chi connectivity index (χ0) is 12.7. The predicted molar refractivity (Wildman–Crippen MR) is 69.9 cm³/mol. The van der Waals surface area contributed by atoms with E-state index in [4.69, 9.17) is 22.1 Å². The van der Waals surface area contributed by atoms with Gasteiger partial charge in [0.25, 0.3) is 0 Å². The second-order valence-electron chi connectivity index (χ2n) is 3.47. The molecule has 0 atom stereocenters. The van der Waals surface area contributed by atoms with Crippen molar-refractivity contribution in [3.63, 3.8) is 0 Å². The molecule has 1 rings (SSSR count). The fourth-order valence-electron chi connectivity index (χ4n) is 1.24. The van der Waals surface area contributed by atoms with Crippen molar-refractivity contribution in [2.45, 2.75) is 6.42 Å². The van der Waals surface area contributed by atoms with Gasteiger partial charge in [0.15, 0.2) is 0 Å². The van der Waals surface area contributed by atoms with E-state index in [9.17, 15) is 4.39 Å². The molecule has 1 aromatic carbocycles. The van der Waals surface area contributed by atoms with E-state index in [1.165, 1.54) is 12.1 Å². The molecule has 0 amide bonds. The summed E-state index contributed by atoms with van der Waals surface area (Å²) in [5, 5.41) is 3.08. The smallest absolute Gasteiger partial charge is 0.143 e. The van der Waals surface area contributed by atoms with Gasteiger partial charge >= 0.3 is 0 Å². The van der Waals surface area contributed by atoms with Gasteiger partial charge in [-0.3, -0.25) is 0 Å². The van der Waals surface area contributed by atoms with Gasteiger partial charge in [-0.2, -0.15) is 0 Å². The number of hydrogen-bond acceptors (Lipinski definition) is 3. The quantitative estimate of drug-likeness (QED) is 0.449. The van der Waals surface area contributed by atoms with Crippen molar-refractivity contribution >= 4 is 23.0 Å². The van der Waals surface area contributed by atoms with E-state index in [1.807, 2.05) is 0 Å². The standard InChI is InChI=1S/C12H16ClFN2O/c1-2-3-5-17-6-4-16-12-7-9(13)10(14)8-11(12)15/h2,7-8,16H,1,3-6,15H2. The number of nitrogens with two attached hydrogens (primary N) is 1. The van der Waals surface area contributed by atoms with Crippen molar-refractivity contribution < 1.29 is 9.13 Å². The van der Waals surface area contributed by atoms with Crippen molar-refractivity contribution in [2.24, 2.45) is 0 Å². The molecule has 0 spiro atoms. The van der Waals surface area contributed by atoms with E-state index < -0.39 is 5.82 Å². The summed E-state index contributed by atoms with van der Waals surface area (Å²) in [6.45, 7) is 5.37. The summed E-state index contributed by atoms with van der Waals surface area (Å²) in [6.07, 6.45) is 2.62. The number of anilines is 2. The molecule has 0 aliphatic carbocycles.